The van der Waals surface area contributed by atoms with E-state index in [-0.39, 0.29) is 24.1 Å². The van der Waals surface area contributed by atoms with Gasteiger partial charge in [-0.05, 0) is 66.4 Å². The minimum absolute atomic E-state index is 0.0663. The summed E-state index contributed by atoms with van der Waals surface area (Å²) in [5, 5.41) is 2.72. The van der Waals surface area contributed by atoms with Crippen LogP contribution in [0.1, 0.15) is 79.7 Å². The SMILES string of the molecule is C[C@@H](Cc1ccccc1)C(=O)C[C@@H](CCCCNC(=O)OC(C)(C)C)C(=O)OC(C)(C)C. The third kappa shape index (κ3) is 12.5. The molecule has 2 atom stereocenters. The van der Waals surface area contributed by atoms with Crippen LogP contribution in [0.3, 0.4) is 0 Å². The van der Waals surface area contributed by atoms with Gasteiger partial charge in [-0.3, -0.25) is 9.59 Å². The smallest absolute Gasteiger partial charge is 0.407 e. The maximum absolute atomic E-state index is 12.9. The summed E-state index contributed by atoms with van der Waals surface area (Å²) >= 11 is 0. The van der Waals surface area contributed by atoms with E-state index in [0.29, 0.717) is 32.2 Å². The van der Waals surface area contributed by atoms with Gasteiger partial charge in [-0.15, -0.1) is 0 Å². The number of hydrogen-bond acceptors (Lipinski definition) is 5. The van der Waals surface area contributed by atoms with Gasteiger partial charge >= 0.3 is 12.1 Å². The number of alkyl carbamates (subject to hydrolysis) is 1. The normalized spacial score (nSPS) is 13.7. The molecule has 0 aliphatic rings. The van der Waals surface area contributed by atoms with Crippen LogP contribution in [0, 0.1) is 11.8 Å². The minimum atomic E-state index is -0.605. The van der Waals surface area contributed by atoms with Crippen molar-refractivity contribution >= 4 is 17.8 Å². The second kappa shape index (κ2) is 12.6. The van der Waals surface area contributed by atoms with E-state index in [1.807, 2.05) is 78.8 Å². The average molecular weight is 448 g/mol. The van der Waals surface area contributed by atoms with Crippen LogP contribution in [-0.2, 0) is 25.5 Å². The summed E-state index contributed by atoms with van der Waals surface area (Å²) in [7, 11) is 0. The number of benzene rings is 1. The van der Waals surface area contributed by atoms with Crippen molar-refractivity contribution in [2.75, 3.05) is 6.54 Å². The van der Waals surface area contributed by atoms with Crippen molar-refractivity contribution in [2.24, 2.45) is 11.8 Å². The molecule has 32 heavy (non-hydrogen) atoms. The molecule has 0 heterocycles. The van der Waals surface area contributed by atoms with Gasteiger partial charge < -0.3 is 14.8 Å². The van der Waals surface area contributed by atoms with Gasteiger partial charge in [-0.2, -0.15) is 0 Å². The molecular formula is C26H41NO5. The van der Waals surface area contributed by atoms with E-state index in [9.17, 15) is 14.4 Å². The van der Waals surface area contributed by atoms with Crippen molar-refractivity contribution in [1.29, 1.82) is 0 Å². The van der Waals surface area contributed by atoms with E-state index >= 15 is 0 Å². The van der Waals surface area contributed by atoms with Crippen molar-refractivity contribution in [1.82, 2.24) is 5.32 Å². The summed E-state index contributed by atoms with van der Waals surface area (Å²) in [6, 6.07) is 9.88. The van der Waals surface area contributed by atoms with Gasteiger partial charge in [-0.1, -0.05) is 43.7 Å². The van der Waals surface area contributed by atoms with Gasteiger partial charge in [0.15, 0.2) is 0 Å². The van der Waals surface area contributed by atoms with Crippen LogP contribution < -0.4 is 5.32 Å². The lowest BCUT2D eigenvalue weighted by Gasteiger charge is -2.24. The molecule has 0 radical (unpaired) electrons. The Morgan fingerprint density at radius 2 is 1.50 bits per heavy atom. The molecule has 1 aromatic rings. The quantitative estimate of drug-likeness (QED) is 0.359. The van der Waals surface area contributed by atoms with Crippen molar-refractivity contribution in [2.45, 2.75) is 91.8 Å². The molecule has 0 saturated carbocycles. The summed E-state index contributed by atoms with van der Waals surface area (Å²) in [6.45, 7) is 13.3. The number of carbonyl (C=O) groups excluding carboxylic acids is 3. The highest BCUT2D eigenvalue weighted by atomic mass is 16.6. The lowest BCUT2D eigenvalue weighted by Crippen LogP contribution is -2.33. The number of amides is 1. The highest BCUT2D eigenvalue weighted by Crippen LogP contribution is 2.22. The molecule has 0 spiro atoms. The van der Waals surface area contributed by atoms with Crippen LogP contribution >= 0.6 is 0 Å². The molecule has 0 aliphatic heterocycles. The number of rotatable bonds is 11. The molecule has 0 aliphatic carbocycles. The first-order valence-electron chi connectivity index (χ1n) is 11.5. The second-order valence-corrected chi connectivity index (χ2v) is 10.4. The van der Waals surface area contributed by atoms with E-state index in [2.05, 4.69) is 5.32 Å². The summed E-state index contributed by atoms with van der Waals surface area (Å²) in [6.07, 6.45) is 2.29. The molecule has 0 saturated heterocycles. The standard InChI is InChI=1S/C26H41NO5/c1-19(17-20-13-9-8-10-14-20)22(28)18-21(23(29)31-25(2,3)4)15-11-12-16-27-24(30)32-26(5,6)7/h8-10,13-14,19,21H,11-12,15-18H2,1-7H3,(H,27,30)/t19-,21+/m0/s1. The van der Waals surface area contributed by atoms with Crippen molar-refractivity contribution in [3.05, 3.63) is 35.9 Å². The minimum Gasteiger partial charge on any atom is -0.460 e. The summed E-state index contributed by atoms with van der Waals surface area (Å²) in [5.74, 6) is -0.924. The van der Waals surface area contributed by atoms with E-state index in [0.717, 1.165) is 5.56 Å². The Morgan fingerprint density at radius 3 is 2.06 bits per heavy atom. The number of Topliss-reactive ketones (excluding diaryl/α,β-unsaturated/α-hetero) is 1. The molecule has 180 valence electrons. The second-order valence-electron chi connectivity index (χ2n) is 10.4. The van der Waals surface area contributed by atoms with Crippen LogP contribution in [0.25, 0.3) is 0 Å². The molecule has 0 fully saturated rings. The summed E-state index contributed by atoms with van der Waals surface area (Å²) in [5.41, 5.74) is -0.0370. The van der Waals surface area contributed by atoms with E-state index in [1.54, 1.807) is 0 Å². The number of esters is 1. The highest BCUT2D eigenvalue weighted by Gasteiger charge is 2.28. The van der Waals surface area contributed by atoms with Crippen molar-refractivity contribution < 1.29 is 23.9 Å². The molecule has 1 amide bonds. The number of unbranched alkanes of at least 4 members (excludes halogenated alkanes) is 1. The molecule has 6 nitrogen and oxygen atoms in total. The Labute approximate surface area is 193 Å². The van der Waals surface area contributed by atoms with Crippen molar-refractivity contribution in [3.63, 3.8) is 0 Å². The highest BCUT2D eigenvalue weighted by molar-refractivity contribution is 5.86. The number of ether oxygens (including phenoxy) is 2. The maximum Gasteiger partial charge on any atom is 0.407 e. The lowest BCUT2D eigenvalue weighted by atomic mass is 9.88. The summed E-state index contributed by atoms with van der Waals surface area (Å²) < 4.78 is 10.8. The topological polar surface area (TPSA) is 81.7 Å². The van der Waals surface area contributed by atoms with Crippen molar-refractivity contribution in [3.8, 4) is 0 Å². The fourth-order valence-electron chi connectivity index (χ4n) is 3.23. The van der Waals surface area contributed by atoms with Gasteiger partial charge in [0.05, 0.1) is 5.92 Å². The number of carbonyl (C=O) groups is 3. The molecule has 0 aromatic heterocycles. The van der Waals surface area contributed by atoms with Gasteiger partial charge in [-0.25, -0.2) is 4.79 Å². The summed E-state index contributed by atoms with van der Waals surface area (Å²) in [4.78, 5) is 37.3. The fourth-order valence-corrected chi connectivity index (χ4v) is 3.23. The van der Waals surface area contributed by atoms with Crippen LogP contribution in [0.5, 0.6) is 0 Å². The third-order valence-electron chi connectivity index (χ3n) is 4.77. The van der Waals surface area contributed by atoms with Crippen LogP contribution in [0.2, 0.25) is 0 Å². The van der Waals surface area contributed by atoms with E-state index in [4.69, 9.17) is 9.47 Å². The molecule has 6 heteroatoms. The monoisotopic (exact) mass is 447 g/mol. The largest absolute Gasteiger partial charge is 0.460 e. The Hall–Kier alpha value is -2.37. The first-order chi connectivity index (χ1) is 14.8. The number of ketones is 1. The zero-order valence-corrected chi connectivity index (χ0v) is 20.8. The predicted octanol–water partition coefficient (Wildman–Crippen LogP) is 5.48. The molecular weight excluding hydrogens is 406 g/mol. The first kappa shape index (κ1) is 27.7. The van der Waals surface area contributed by atoms with Crippen LogP contribution in [0.4, 0.5) is 4.79 Å². The van der Waals surface area contributed by atoms with Crippen LogP contribution in [-0.4, -0.2) is 35.6 Å². The molecule has 0 unspecified atom stereocenters. The number of hydrogen-bond donors (Lipinski definition) is 1. The Morgan fingerprint density at radius 1 is 0.906 bits per heavy atom. The molecule has 1 N–H and O–H groups in total. The van der Waals surface area contributed by atoms with Gasteiger partial charge in [0, 0.05) is 18.9 Å². The average Bonchev–Trinajstić information content (AvgIpc) is 2.64. The van der Waals surface area contributed by atoms with E-state index < -0.39 is 23.2 Å². The molecule has 0 bridgehead atoms. The Bertz CT molecular complexity index is 731. The maximum atomic E-state index is 12.9. The Kier molecular flexibility index (Phi) is 10.9. The van der Waals surface area contributed by atoms with Gasteiger partial charge in [0.25, 0.3) is 0 Å². The van der Waals surface area contributed by atoms with E-state index in [1.165, 1.54) is 0 Å². The van der Waals surface area contributed by atoms with Gasteiger partial charge in [0.1, 0.15) is 17.0 Å². The van der Waals surface area contributed by atoms with Gasteiger partial charge in [0.2, 0.25) is 0 Å². The Balaban J connectivity index is 2.60. The van der Waals surface area contributed by atoms with Crippen LogP contribution in [0.15, 0.2) is 30.3 Å². The number of nitrogens with one attached hydrogen (secondary N) is 1. The lowest BCUT2D eigenvalue weighted by molar-refractivity contribution is -0.161. The zero-order chi connectivity index (χ0) is 24.4. The fraction of sp³-hybridized carbons (Fsp3) is 0.654. The first-order valence-corrected chi connectivity index (χ1v) is 11.5. The predicted molar refractivity (Wildman–Crippen MR) is 126 cm³/mol. The molecule has 1 rings (SSSR count). The zero-order valence-electron chi connectivity index (χ0n) is 20.8. The third-order valence-corrected chi connectivity index (χ3v) is 4.77. The molecule has 1 aromatic carbocycles.